The molecule has 0 radical (unpaired) electrons. The molecule has 0 bridgehead atoms. The number of carbonyl (C=O) groups is 2. The second kappa shape index (κ2) is 8.32. The van der Waals surface area contributed by atoms with Crippen molar-refractivity contribution in [3.8, 4) is 0 Å². The first-order valence-corrected chi connectivity index (χ1v) is 6.54. The maximum atomic E-state index is 11.6. The van der Waals surface area contributed by atoms with Crippen molar-refractivity contribution in [2.45, 2.75) is 26.5 Å². The largest absolute Gasteiger partial charge is 0.467 e. The Hall–Kier alpha value is -1.88. The third-order valence-corrected chi connectivity index (χ3v) is 2.72. The SMILES string of the molecule is COC(=O)C(COCc1ccccc1)NC(=O)C(C)C. The third kappa shape index (κ3) is 5.40. The molecule has 0 fully saturated rings. The van der Waals surface area contributed by atoms with Gasteiger partial charge in [0.15, 0.2) is 6.04 Å². The minimum Gasteiger partial charge on any atom is -0.467 e. The van der Waals surface area contributed by atoms with Gasteiger partial charge in [0.25, 0.3) is 0 Å². The smallest absolute Gasteiger partial charge is 0.330 e. The van der Waals surface area contributed by atoms with Gasteiger partial charge in [0.1, 0.15) is 0 Å². The number of hydrogen-bond acceptors (Lipinski definition) is 4. The van der Waals surface area contributed by atoms with Crippen LogP contribution in [0.15, 0.2) is 30.3 Å². The van der Waals surface area contributed by atoms with Gasteiger partial charge in [-0.3, -0.25) is 4.79 Å². The Morgan fingerprint density at radius 1 is 1.20 bits per heavy atom. The lowest BCUT2D eigenvalue weighted by atomic mass is 10.2. The Labute approximate surface area is 119 Å². The number of carbonyl (C=O) groups excluding carboxylic acids is 2. The minimum absolute atomic E-state index is 0.0834. The quantitative estimate of drug-likeness (QED) is 0.769. The van der Waals surface area contributed by atoms with E-state index in [1.54, 1.807) is 13.8 Å². The number of amides is 1. The van der Waals surface area contributed by atoms with Gasteiger partial charge in [0, 0.05) is 5.92 Å². The van der Waals surface area contributed by atoms with E-state index < -0.39 is 12.0 Å². The normalized spacial score (nSPS) is 12.0. The Balaban J connectivity index is 2.48. The van der Waals surface area contributed by atoms with E-state index in [-0.39, 0.29) is 18.4 Å². The average molecular weight is 279 g/mol. The van der Waals surface area contributed by atoms with Crippen molar-refractivity contribution in [2.75, 3.05) is 13.7 Å². The number of ether oxygens (including phenoxy) is 2. The standard InChI is InChI=1S/C15H21NO4/c1-11(2)14(17)16-13(15(18)19-3)10-20-9-12-7-5-4-6-8-12/h4-8,11,13H,9-10H2,1-3H3,(H,16,17). The molecule has 1 amide bonds. The van der Waals surface area contributed by atoms with E-state index in [0.29, 0.717) is 6.61 Å². The molecule has 0 spiro atoms. The number of hydrogen-bond donors (Lipinski definition) is 1. The predicted octanol–water partition coefficient (Wildman–Crippen LogP) is 1.52. The van der Waals surface area contributed by atoms with E-state index in [9.17, 15) is 9.59 Å². The van der Waals surface area contributed by atoms with Gasteiger partial charge in [0.2, 0.25) is 5.91 Å². The number of nitrogens with one attached hydrogen (secondary N) is 1. The van der Waals surface area contributed by atoms with E-state index in [1.807, 2.05) is 30.3 Å². The molecule has 110 valence electrons. The third-order valence-electron chi connectivity index (χ3n) is 2.72. The van der Waals surface area contributed by atoms with E-state index >= 15 is 0 Å². The van der Waals surface area contributed by atoms with E-state index in [2.05, 4.69) is 10.1 Å². The molecule has 1 atom stereocenters. The molecule has 0 aromatic heterocycles. The van der Waals surface area contributed by atoms with Crippen molar-refractivity contribution < 1.29 is 19.1 Å². The Morgan fingerprint density at radius 2 is 1.85 bits per heavy atom. The van der Waals surface area contributed by atoms with Crippen LogP contribution in [0.5, 0.6) is 0 Å². The van der Waals surface area contributed by atoms with Crippen LogP contribution in [0, 0.1) is 5.92 Å². The van der Waals surface area contributed by atoms with Gasteiger partial charge >= 0.3 is 5.97 Å². The summed E-state index contributed by atoms with van der Waals surface area (Å²) in [4.78, 5) is 23.2. The summed E-state index contributed by atoms with van der Waals surface area (Å²) in [6.07, 6.45) is 0. The fourth-order valence-corrected chi connectivity index (χ4v) is 1.52. The van der Waals surface area contributed by atoms with Gasteiger partial charge in [-0.2, -0.15) is 0 Å². The second-order valence-corrected chi connectivity index (χ2v) is 4.74. The van der Waals surface area contributed by atoms with Crippen LogP contribution in [0.25, 0.3) is 0 Å². The number of benzene rings is 1. The van der Waals surface area contributed by atoms with Crippen LogP contribution in [0.1, 0.15) is 19.4 Å². The Bertz CT molecular complexity index is 431. The molecule has 1 unspecified atom stereocenters. The summed E-state index contributed by atoms with van der Waals surface area (Å²) < 4.78 is 10.1. The van der Waals surface area contributed by atoms with E-state index in [4.69, 9.17) is 4.74 Å². The molecule has 1 aromatic carbocycles. The van der Waals surface area contributed by atoms with Gasteiger partial charge < -0.3 is 14.8 Å². The fraction of sp³-hybridized carbons (Fsp3) is 0.467. The van der Waals surface area contributed by atoms with Gasteiger partial charge in [-0.1, -0.05) is 44.2 Å². The van der Waals surface area contributed by atoms with E-state index in [1.165, 1.54) is 7.11 Å². The minimum atomic E-state index is -0.779. The molecule has 20 heavy (non-hydrogen) atoms. The molecule has 0 saturated heterocycles. The molecule has 0 aliphatic heterocycles. The molecule has 0 heterocycles. The lowest BCUT2D eigenvalue weighted by Gasteiger charge is -2.18. The van der Waals surface area contributed by atoms with Crippen LogP contribution in [0.4, 0.5) is 0 Å². The van der Waals surface area contributed by atoms with Crippen molar-refractivity contribution in [1.82, 2.24) is 5.32 Å². The van der Waals surface area contributed by atoms with Crippen molar-refractivity contribution >= 4 is 11.9 Å². The topological polar surface area (TPSA) is 64.6 Å². The highest BCUT2D eigenvalue weighted by Crippen LogP contribution is 2.02. The van der Waals surface area contributed by atoms with Crippen molar-refractivity contribution in [2.24, 2.45) is 5.92 Å². The number of methoxy groups -OCH3 is 1. The molecular formula is C15H21NO4. The molecule has 5 nitrogen and oxygen atoms in total. The highest BCUT2D eigenvalue weighted by Gasteiger charge is 2.22. The zero-order valence-electron chi connectivity index (χ0n) is 12.1. The Kier molecular flexibility index (Phi) is 6.73. The first-order valence-electron chi connectivity index (χ1n) is 6.54. The molecular weight excluding hydrogens is 258 g/mol. The summed E-state index contributed by atoms with van der Waals surface area (Å²) in [5.41, 5.74) is 1.01. The van der Waals surface area contributed by atoms with Crippen LogP contribution in [-0.4, -0.2) is 31.6 Å². The van der Waals surface area contributed by atoms with Crippen molar-refractivity contribution in [3.05, 3.63) is 35.9 Å². The van der Waals surface area contributed by atoms with Crippen molar-refractivity contribution in [1.29, 1.82) is 0 Å². The maximum absolute atomic E-state index is 11.6. The molecule has 1 rings (SSSR count). The van der Waals surface area contributed by atoms with Gasteiger partial charge in [0.05, 0.1) is 20.3 Å². The van der Waals surface area contributed by atoms with Crippen LogP contribution in [-0.2, 0) is 25.7 Å². The predicted molar refractivity (Wildman–Crippen MR) is 74.9 cm³/mol. The highest BCUT2D eigenvalue weighted by molar-refractivity contribution is 5.85. The number of esters is 1. The van der Waals surface area contributed by atoms with Gasteiger partial charge in [-0.25, -0.2) is 4.79 Å². The van der Waals surface area contributed by atoms with Crippen LogP contribution < -0.4 is 5.32 Å². The summed E-state index contributed by atoms with van der Waals surface area (Å²) >= 11 is 0. The summed E-state index contributed by atoms with van der Waals surface area (Å²) in [5, 5.41) is 2.61. The molecule has 1 aromatic rings. The first-order chi connectivity index (χ1) is 9.54. The van der Waals surface area contributed by atoms with Crippen molar-refractivity contribution in [3.63, 3.8) is 0 Å². The average Bonchev–Trinajstić information content (AvgIpc) is 2.46. The Morgan fingerprint density at radius 3 is 2.40 bits per heavy atom. The molecule has 0 aliphatic carbocycles. The summed E-state index contributed by atoms with van der Waals surface area (Å²) in [6, 6.07) is 8.83. The lowest BCUT2D eigenvalue weighted by Crippen LogP contribution is -2.46. The van der Waals surface area contributed by atoms with Crippen LogP contribution in [0.3, 0.4) is 0 Å². The summed E-state index contributed by atoms with van der Waals surface area (Å²) in [6.45, 7) is 3.98. The molecule has 0 saturated carbocycles. The molecule has 0 aliphatic rings. The molecule has 5 heteroatoms. The first kappa shape index (κ1) is 16.2. The lowest BCUT2D eigenvalue weighted by molar-refractivity contribution is -0.147. The maximum Gasteiger partial charge on any atom is 0.330 e. The van der Waals surface area contributed by atoms with Gasteiger partial charge in [-0.15, -0.1) is 0 Å². The summed E-state index contributed by atoms with van der Waals surface area (Å²) in [7, 11) is 1.29. The molecule has 1 N–H and O–H groups in total. The van der Waals surface area contributed by atoms with Crippen LogP contribution >= 0.6 is 0 Å². The monoisotopic (exact) mass is 279 g/mol. The fourth-order valence-electron chi connectivity index (χ4n) is 1.52. The van der Waals surface area contributed by atoms with Gasteiger partial charge in [-0.05, 0) is 5.56 Å². The van der Waals surface area contributed by atoms with E-state index in [0.717, 1.165) is 5.56 Å². The zero-order valence-corrected chi connectivity index (χ0v) is 12.1. The number of rotatable bonds is 7. The zero-order chi connectivity index (χ0) is 15.0. The summed E-state index contributed by atoms with van der Waals surface area (Å²) in [5.74, 6) is -0.910. The van der Waals surface area contributed by atoms with Crippen LogP contribution in [0.2, 0.25) is 0 Å². The second-order valence-electron chi connectivity index (χ2n) is 4.74. The highest BCUT2D eigenvalue weighted by atomic mass is 16.5.